The number of carbonyl (C=O) groups excluding carboxylic acids is 1. The van der Waals surface area contributed by atoms with E-state index in [2.05, 4.69) is 0 Å². The normalized spacial score (nSPS) is 20.1. The van der Waals surface area contributed by atoms with Crippen LogP contribution in [0.4, 0.5) is 0 Å². The van der Waals surface area contributed by atoms with Crippen LogP contribution >= 0.6 is 0 Å². The smallest absolute Gasteiger partial charge is 0.302 e. The molecule has 0 unspecified atom stereocenters. The Hall–Kier alpha value is -0.870. The van der Waals surface area contributed by atoms with Gasteiger partial charge in [-0.05, 0) is 6.92 Å². The number of esters is 1. The molecule has 80 valence electrons. The van der Waals surface area contributed by atoms with Crippen LogP contribution in [-0.4, -0.2) is 31.6 Å². The van der Waals surface area contributed by atoms with Crippen LogP contribution in [0.2, 0.25) is 0 Å². The van der Waals surface area contributed by atoms with Gasteiger partial charge in [0.1, 0.15) is 6.61 Å². The summed E-state index contributed by atoms with van der Waals surface area (Å²) in [6.45, 7) is 4.89. The predicted molar refractivity (Wildman–Crippen MR) is 50.7 cm³/mol. The second-order valence-corrected chi connectivity index (χ2v) is 3.31. The third-order valence-corrected chi connectivity index (χ3v) is 1.94. The van der Waals surface area contributed by atoms with Crippen molar-refractivity contribution in [1.82, 2.24) is 0 Å². The molecule has 0 spiro atoms. The van der Waals surface area contributed by atoms with E-state index < -0.39 is 5.79 Å². The second kappa shape index (κ2) is 5.12. The molecule has 4 nitrogen and oxygen atoms in total. The molecule has 0 atom stereocenters. The fraction of sp³-hybridized carbons (Fsp3) is 0.700. The molecule has 1 heterocycles. The van der Waals surface area contributed by atoms with E-state index in [9.17, 15) is 4.79 Å². The van der Waals surface area contributed by atoms with Crippen LogP contribution < -0.4 is 0 Å². The van der Waals surface area contributed by atoms with Crippen molar-refractivity contribution in [2.45, 2.75) is 26.1 Å². The molecule has 0 amide bonds. The van der Waals surface area contributed by atoms with Crippen LogP contribution in [0.5, 0.6) is 0 Å². The van der Waals surface area contributed by atoms with E-state index in [1.165, 1.54) is 6.92 Å². The molecule has 14 heavy (non-hydrogen) atoms. The van der Waals surface area contributed by atoms with Gasteiger partial charge in [0, 0.05) is 13.3 Å². The molecule has 0 aromatic carbocycles. The minimum atomic E-state index is -0.493. The van der Waals surface area contributed by atoms with Gasteiger partial charge in [-0.3, -0.25) is 4.79 Å². The topological polar surface area (TPSA) is 44.8 Å². The summed E-state index contributed by atoms with van der Waals surface area (Å²) in [5.41, 5.74) is 0. The van der Waals surface area contributed by atoms with Gasteiger partial charge in [0.05, 0.1) is 13.2 Å². The van der Waals surface area contributed by atoms with Crippen LogP contribution in [0.25, 0.3) is 0 Å². The molecule has 1 aliphatic heterocycles. The van der Waals surface area contributed by atoms with Crippen molar-refractivity contribution >= 4 is 5.97 Å². The van der Waals surface area contributed by atoms with Crippen molar-refractivity contribution in [3.05, 3.63) is 12.2 Å². The Morgan fingerprint density at radius 1 is 1.43 bits per heavy atom. The van der Waals surface area contributed by atoms with E-state index in [0.717, 1.165) is 0 Å². The lowest BCUT2D eigenvalue weighted by molar-refractivity contribution is -0.139. The fourth-order valence-corrected chi connectivity index (χ4v) is 1.21. The second-order valence-electron chi connectivity index (χ2n) is 3.31. The van der Waals surface area contributed by atoms with Crippen molar-refractivity contribution < 1.29 is 19.0 Å². The van der Waals surface area contributed by atoms with E-state index in [4.69, 9.17) is 14.2 Å². The van der Waals surface area contributed by atoms with Crippen LogP contribution in [-0.2, 0) is 19.0 Å². The van der Waals surface area contributed by atoms with Gasteiger partial charge < -0.3 is 14.2 Å². The minimum absolute atomic E-state index is 0.269. The maximum Gasteiger partial charge on any atom is 0.302 e. The summed E-state index contributed by atoms with van der Waals surface area (Å²) >= 11 is 0. The first-order valence-electron chi connectivity index (χ1n) is 4.69. The number of ether oxygens (including phenoxy) is 3. The molecule has 0 aliphatic carbocycles. The molecule has 0 radical (unpaired) electrons. The highest BCUT2D eigenvalue weighted by molar-refractivity contribution is 5.65. The Balaban J connectivity index is 2.15. The third-order valence-electron chi connectivity index (χ3n) is 1.94. The standard InChI is InChI=1S/C10H16O4/c1-9(11)12-6-4-3-5-10(2)13-7-8-14-10/h3-4H,5-8H2,1-2H3/b4-3+. The number of hydrogen-bond donors (Lipinski definition) is 0. The molecule has 1 aliphatic rings. The van der Waals surface area contributed by atoms with Crippen LogP contribution in [0.15, 0.2) is 12.2 Å². The van der Waals surface area contributed by atoms with Crippen molar-refractivity contribution in [1.29, 1.82) is 0 Å². The van der Waals surface area contributed by atoms with Gasteiger partial charge in [0.2, 0.25) is 0 Å². The quantitative estimate of drug-likeness (QED) is 0.506. The Morgan fingerprint density at radius 3 is 2.64 bits per heavy atom. The summed E-state index contributed by atoms with van der Waals surface area (Å²) in [5.74, 6) is -0.763. The lowest BCUT2D eigenvalue weighted by Gasteiger charge is -2.19. The molecule has 1 fully saturated rings. The van der Waals surface area contributed by atoms with E-state index in [1.807, 2.05) is 13.0 Å². The van der Waals surface area contributed by atoms with Gasteiger partial charge >= 0.3 is 5.97 Å². The molecule has 0 aromatic heterocycles. The number of rotatable bonds is 4. The molecule has 0 bridgehead atoms. The Bertz CT molecular complexity index is 216. The van der Waals surface area contributed by atoms with Crippen molar-refractivity contribution in [3.8, 4) is 0 Å². The first kappa shape index (κ1) is 11.2. The van der Waals surface area contributed by atoms with E-state index >= 15 is 0 Å². The van der Waals surface area contributed by atoms with Crippen LogP contribution in [0, 0.1) is 0 Å². The maximum absolute atomic E-state index is 10.4. The summed E-state index contributed by atoms with van der Waals surface area (Å²) in [6, 6.07) is 0. The third kappa shape index (κ3) is 3.89. The zero-order valence-electron chi connectivity index (χ0n) is 8.62. The molecule has 1 rings (SSSR count). The maximum atomic E-state index is 10.4. The Kier molecular flexibility index (Phi) is 4.10. The summed E-state index contributed by atoms with van der Waals surface area (Å²) in [6.07, 6.45) is 4.36. The Labute approximate surface area is 83.8 Å². The lowest BCUT2D eigenvalue weighted by atomic mass is 10.2. The van der Waals surface area contributed by atoms with Crippen LogP contribution in [0.3, 0.4) is 0 Å². The highest BCUT2D eigenvalue weighted by Gasteiger charge is 2.28. The van der Waals surface area contributed by atoms with E-state index in [-0.39, 0.29) is 5.97 Å². The lowest BCUT2D eigenvalue weighted by Crippen LogP contribution is -2.24. The Morgan fingerprint density at radius 2 is 2.07 bits per heavy atom. The van der Waals surface area contributed by atoms with Crippen molar-refractivity contribution in [3.63, 3.8) is 0 Å². The molecular weight excluding hydrogens is 184 g/mol. The van der Waals surface area contributed by atoms with Crippen molar-refractivity contribution in [2.75, 3.05) is 19.8 Å². The fourth-order valence-electron chi connectivity index (χ4n) is 1.21. The number of carbonyl (C=O) groups is 1. The molecule has 0 aromatic rings. The van der Waals surface area contributed by atoms with Gasteiger partial charge in [-0.2, -0.15) is 0 Å². The molecule has 0 saturated carbocycles. The van der Waals surface area contributed by atoms with Crippen molar-refractivity contribution in [2.24, 2.45) is 0 Å². The van der Waals surface area contributed by atoms with E-state index in [0.29, 0.717) is 26.2 Å². The van der Waals surface area contributed by atoms with Crippen LogP contribution in [0.1, 0.15) is 20.3 Å². The zero-order chi connectivity index (χ0) is 10.4. The predicted octanol–water partition coefficient (Wildman–Crippen LogP) is 1.26. The summed E-state index contributed by atoms with van der Waals surface area (Å²) in [5, 5.41) is 0. The summed E-state index contributed by atoms with van der Waals surface area (Å²) in [4.78, 5) is 10.4. The zero-order valence-corrected chi connectivity index (χ0v) is 8.62. The van der Waals surface area contributed by atoms with Gasteiger partial charge in [-0.25, -0.2) is 0 Å². The molecular formula is C10H16O4. The largest absolute Gasteiger partial charge is 0.462 e. The first-order chi connectivity index (χ1) is 6.62. The average molecular weight is 200 g/mol. The SMILES string of the molecule is CC(=O)OC/C=C/CC1(C)OCCO1. The average Bonchev–Trinajstić information content (AvgIpc) is 2.51. The summed E-state index contributed by atoms with van der Waals surface area (Å²) in [7, 11) is 0. The van der Waals surface area contributed by atoms with E-state index in [1.54, 1.807) is 6.08 Å². The van der Waals surface area contributed by atoms with Gasteiger partial charge in [-0.15, -0.1) is 0 Å². The summed E-state index contributed by atoms with van der Waals surface area (Å²) < 4.78 is 15.5. The molecule has 4 heteroatoms. The number of hydrogen-bond acceptors (Lipinski definition) is 4. The highest BCUT2D eigenvalue weighted by atomic mass is 16.7. The van der Waals surface area contributed by atoms with Gasteiger partial charge in [0.25, 0.3) is 0 Å². The van der Waals surface area contributed by atoms with Gasteiger partial charge in [-0.1, -0.05) is 12.2 Å². The highest BCUT2D eigenvalue weighted by Crippen LogP contribution is 2.22. The van der Waals surface area contributed by atoms with Gasteiger partial charge in [0.15, 0.2) is 5.79 Å². The molecule has 1 saturated heterocycles. The molecule has 0 N–H and O–H groups in total. The monoisotopic (exact) mass is 200 g/mol. The first-order valence-corrected chi connectivity index (χ1v) is 4.69. The minimum Gasteiger partial charge on any atom is -0.462 e.